The van der Waals surface area contributed by atoms with E-state index in [1.54, 1.807) is 4.90 Å². The molecule has 6 heteroatoms. The molecule has 0 saturated carbocycles. The molecular weight excluding hydrogens is 540 g/mol. The summed E-state index contributed by atoms with van der Waals surface area (Å²) in [7, 11) is 0. The van der Waals surface area contributed by atoms with Crippen LogP contribution in [0, 0.1) is 6.92 Å². The van der Waals surface area contributed by atoms with Gasteiger partial charge in [0.2, 0.25) is 5.91 Å². The first kappa shape index (κ1) is 29.4. The molecule has 0 radical (unpaired) electrons. The number of halogens is 1. The molecule has 0 fully saturated rings. The van der Waals surface area contributed by atoms with Crippen LogP contribution >= 0.6 is 15.9 Å². The van der Waals surface area contributed by atoms with Crippen molar-refractivity contribution in [3.8, 4) is 5.75 Å². The summed E-state index contributed by atoms with van der Waals surface area (Å²) in [6.07, 6.45) is 1.23. The van der Waals surface area contributed by atoms with Gasteiger partial charge < -0.3 is 15.0 Å². The number of hydrogen-bond acceptors (Lipinski definition) is 3. The van der Waals surface area contributed by atoms with Crippen molar-refractivity contribution in [3.05, 3.63) is 99.5 Å². The molecule has 0 unspecified atom stereocenters. The van der Waals surface area contributed by atoms with E-state index in [0.29, 0.717) is 25.3 Å². The van der Waals surface area contributed by atoms with E-state index in [4.69, 9.17) is 4.74 Å². The number of benzene rings is 3. The number of amides is 2. The molecule has 0 aliphatic carbocycles. The van der Waals surface area contributed by atoms with E-state index in [1.165, 1.54) is 5.56 Å². The summed E-state index contributed by atoms with van der Waals surface area (Å²) in [4.78, 5) is 28.9. The lowest BCUT2D eigenvalue weighted by Gasteiger charge is -2.32. The Labute approximate surface area is 235 Å². The van der Waals surface area contributed by atoms with Crippen LogP contribution in [0.3, 0.4) is 0 Å². The maximum absolute atomic E-state index is 13.8. The number of nitrogens with zero attached hydrogens (tertiary/aromatic N) is 1. The van der Waals surface area contributed by atoms with E-state index in [2.05, 4.69) is 42.0 Å². The number of ether oxygens (including phenoxy) is 1. The van der Waals surface area contributed by atoms with Crippen molar-refractivity contribution >= 4 is 27.7 Å². The Bertz CT molecular complexity index is 1220. The summed E-state index contributed by atoms with van der Waals surface area (Å²) >= 11 is 3.60. The van der Waals surface area contributed by atoms with E-state index in [9.17, 15) is 9.59 Å². The Hall–Kier alpha value is -3.12. The molecule has 0 spiro atoms. The lowest BCUT2D eigenvalue weighted by Crippen LogP contribution is -2.51. The zero-order valence-electron chi connectivity index (χ0n) is 23.1. The van der Waals surface area contributed by atoms with Crippen molar-refractivity contribution in [1.82, 2.24) is 10.2 Å². The molecular formula is C32H39BrN2O3. The summed E-state index contributed by atoms with van der Waals surface area (Å²) < 4.78 is 6.80. The fourth-order valence-electron chi connectivity index (χ4n) is 4.20. The first-order chi connectivity index (χ1) is 18.1. The van der Waals surface area contributed by atoms with Gasteiger partial charge in [-0.2, -0.15) is 0 Å². The summed E-state index contributed by atoms with van der Waals surface area (Å²) in [5, 5.41) is 3.01. The predicted octanol–water partition coefficient (Wildman–Crippen LogP) is 6.60. The van der Waals surface area contributed by atoms with Gasteiger partial charge >= 0.3 is 0 Å². The number of carbonyl (C=O) groups excluding carboxylic acids is 2. The minimum atomic E-state index is -0.675. The normalized spacial score (nSPS) is 12.1. The van der Waals surface area contributed by atoms with Gasteiger partial charge in [0.05, 0.1) is 4.47 Å². The topological polar surface area (TPSA) is 58.6 Å². The predicted molar refractivity (Wildman–Crippen MR) is 157 cm³/mol. The van der Waals surface area contributed by atoms with Crippen LogP contribution in [-0.4, -0.2) is 35.9 Å². The van der Waals surface area contributed by atoms with Crippen molar-refractivity contribution in [2.75, 3.05) is 13.2 Å². The van der Waals surface area contributed by atoms with Crippen LogP contribution in [0.15, 0.2) is 77.3 Å². The quantitative estimate of drug-likeness (QED) is 0.279. The maximum Gasteiger partial charge on any atom is 0.261 e. The number of carbonyl (C=O) groups is 2. The molecule has 1 atom stereocenters. The standard InChI is InChI=1S/C32H39BrN2O3/c1-6-18-34-31(37)28(19-24-13-8-7-9-14-24)35(21-25-15-11-10-12-23(25)2)30(36)22-38-29-17-16-26(20-27(29)33)32(3,4)5/h7-17,20,28H,6,18-19,21-22H2,1-5H3,(H,34,37)/t28-/m1/s1. The van der Waals surface area contributed by atoms with Gasteiger partial charge in [0.15, 0.2) is 6.61 Å². The van der Waals surface area contributed by atoms with Crippen LogP contribution in [0.4, 0.5) is 0 Å². The Morgan fingerprint density at radius 1 is 1.00 bits per heavy atom. The Morgan fingerprint density at radius 3 is 2.32 bits per heavy atom. The third kappa shape index (κ3) is 8.19. The average molecular weight is 580 g/mol. The van der Waals surface area contributed by atoms with Crippen molar-refractivity contribution in [1.29, 1.82) is 0 Å². The molecule has 3 rings (SSSR count). The third-order valence-corrected chi connectivity index (χ3v) is 7.19. The fraction of sp³-hybridized carbons (Fsp3) is 0.375. The Morgan fingerprint density at radius 2 is 1.68 bits per heavy atom. The van der Waals surface area contributed by atoms with E-state index < -0.39 is 6.04 Å². The smallest absolute Gasteiger partial charge is 0.261 e. The number of hydrogen-bond donors (Lipinski definition) is 1. The highest BCUT2D eigenvalue weighted by atomic mass is 79.9. The molecule has 0 bridgehead atoms. The van der Waals surface area contributed by atoms with Crippen LogP contribution in [-0.2, 0) is 28.0 Å². The van der Waals surface area contributed by atoms with E-state index in [0.717, 1.165) is 27.6 Å². The molecule has 202 valence electrons. The van der Waals surface area contributed by atoms with Crippen LogP contribution in [0.5, 0.6) is 5.75 Å². The highest BCUT2D eigenvalue weighted by molar-refractivity contribution is 9.10. The van der Waals surface area contributed by atoms with E-state index in [-0.39, 0.29) is 23.8 Å². The van der Waals surface area contributed by atoms with Gasteiger partial charge in [-0.3, -0.25) is 9.59 Å². The van der Waals surface area contributed by atoms with Gasteiger partial charge in [-0.25, -0.2) is 0 Å². The first-order valence-corrected chi connectivity index (χ1v) is 14.0. The van der Waals surface area contributed by atoms with E-state index in [1.807, 2.05) is 86.6 Å². The second-order valence-corrected chi connectivity index (χ2v) is 11.5. The molecule has 0 heterocycles. The van der Waals surface area contributed by atoms with E-state index >= 15 is 0 Å². The zero-order chi connectivity index (χ0) is 27.7. The van der Waals surface area contributed by atoms with Gasteiger partial charge in [-0.15, -0.1) is 0 Å². The molecule has 0 aromatic heterocycles. The van der Waals surface area contributed by atoms with Crippen LogP contribution in [0.1, 0.15) is 56.4 Å². The second kappa shape index (κ2) is 13.6. The lowest BCUT2D eigenvalue weighted by molar-refractivity contribution is -0.142. The Kier molecular flexibility index (Phi) is 10.5. The van der Waals surface area contributed by atoms with Gasteiger partial charge in [-0.1, -0.05) is 88.4 Å². The third-order valence-electron chi connectivity index (χ3n) is 6.57. The van der Waals surface area contributed by atoms with Gasteiger partial charge in [0.1, 0.15) is 11.8 Å². The molecule has 0 saturated heterocycles. The Balaban J connectivity index is 1.90. The van der Waals surface area contributed by atoms with Gasteiger partial charge in [0, 0.05) is 19.5 Å². The van der Waals surface area contributed by atoms with Crippen LogP contribution in [0.2, 0.25) is 0 Å². The maximum atomic E-state index is 13.8. The molecule has 38 heavy (non-hydrogen) atoms. The van der Waals surface area contributed by atoms with Crippen LogP contribution < -0.4 is 10.1 Å². The highest BCUT2D eigenvalue weighted by Gasteiger charge is 2.31. The van der Waals surface area contributed by atoms with Gasteiger partial charge in [-0.05, 0) is 69.1 Å². The summed E-state index contributed by atoms with van der Waals surface area (Å²) in [6.45, 7) is 11.2. The first-order valence-electron chi connectivity index (χ1n) is 13.2. The SMILES string of the molecule is CCCNC(=O)[C@@H](Cc1ccccc1)N(Cc1ccccc1C)C(=O)COc1ccc(C(C)(C)C)cc1Br. The van der Waals surface area contributed by atoms with Crippen molar-refractivity contribution in [2.45, 2.75) is 65.5 Å². The number of nitrogens with one attached hydrogen (secondary N) is 1. The minimum Gasteiger partial charge on any atom is -0.483 e. The molecule has 1 N–H and O–H groups in total. The van der Waals surface area contributed by atoms with Gasteiger partial charge in [0.25, 0.3) is 5.91 Å². The minimum absolute atomic E-state index is 0.00226. The van der Waals surface area contributed by atoms with Crippen molar-refractivity contribution in [3.63, 3.8) is 0 Å². The average Bonchev–Trinajstić information content (AvgIpc) is 2.89. The fourth-order valence-corrected chi connectivity index (χ4v) is 4.69. The van der Waals surface area contributed by atoms with Crippen molar-refractivity contribution in [2.24, 2.45) is 0 Å². The van der Waals surface area contributed by atoms with Crippen molar-refractivity contribution < 1.29 is 14.3 Å². The monoisotopic (exact) mass is 578 g/mol. The molecule has 3 aromatic carbocycles. The number of aryl methyl sites for hydroxylation is 1. The molecule has 2 amide bonds. The molecule has 0 aliphatic heterocycles. The molecule has 3 aromatic rings. The summed E-state index contributed by atoms with van der Waals surface area (Å²) in [5.74, 6) is 0.193. The highest BCUT2D eigenvalue weighted by Crippen LogP contribution is 2.31. The largest absolute Gasteiger partial charge is 0.483 e. The zero-order valence-corrected chi connectivity index (χ0v) is 24.7. The number of rotatable bonds is 11. The summed E-state index contributed by atoms with van der Waals surface area (Å²) in [6, 6.07) is 23.0. The second-order valence-electron chi connectivity index (χ2n) is 10.6. The van der Waals surface area contributed by atoms with Crippen LogP contribution in [0.25, 0.3) is 0 Å². The lowest BCUT2D eigenvalue weighted by atomic mass is 9.87. The molecule has 5 nitrogen and oxygen atoms in total. The molecule has 0 aliphatic rings. The summed E-state index contributed by atoms with van der Waals surface area (Å²) in [5.41, 5.74) is 4.22.